The molecule has 0 spiro atoms. The molecule has 148 valence electrons. The van der Waals surface area contributed by atoms with Gasteiger partial charge >= 0.3 is 5.97 Å². The molecule has 0 aromatic carbocycles. The van der Waals surface area contributed by atoms with E-state index in [-0.39, 0.29) is 18.5 Å². The number of nitrogens with zero attached hydrogens (tertiary/aromatic N) is 3. The second-order valence-electron chi connectivity index (χ2n) is 7.00. The Balaban J connectivity index is 1.81. The monoisotopic (exact) mass is 378 g/mol. The van der Waals surface area contributed by atoms with E-state index >= 15 is 0 Å². The zero-order chi connectivity index (χ0) is 19.8. The number of aliphatic hydroxyl groups is 2. The van der Waals surface area contributed by atoms with E-state index in [4.69, 9.17) is 15.2 Å². The maximum absolute atomic E-state index is 12.1. The predicted molar refractivity (Wildman–Crippen MR) is 96.7 cm³/mol. The fourth-order valence-corrected chi connectivity index (χ4v) is 3.56. The summed E-state index contributed by atoms with van der Waals surface area (Å²) in [5, 5.41) is 25.3. The number of carbonyl (C=O) groups excluding carboxylic acids is 1. The number of anilines is 1. The fraction of sp³-hybridized carbons (Fsp3) is 0.611. The van der Waals surface area contributed by atoms with Crippen LogP contribution in [0.2, 0.25) is 0 Å². The van der Waals surface area contributed by atoms with Gasteiger partial charge in [0.05, 0.1) is 11.6 Å². The minimum atomic E-state index is -1.25. The van der Waals surface area contributed by atoms with Crippen LogP contribution in [-0.4, -0.2) is 55.7 Å². The van der Waals surface area contributed by atoms with Crippen molar-refractivity contribution in [2.75, 3.05) is 12.3 Å². The number of hydrogen-bond acceptors (Lipinski definition) is 8. The summed E-state index contributed by atoms with van der Waals surface area (Å²) in [6.45, 7) is 5.36. The van der Waals surface area contributed by atoms with Crippen molar-refractivity contribution in [2.24, 2.45) is 5.92 Å². The van der Waals surface area contributed by atoms with Gasteiger partial charge in [0.15, 0.2) is 5.82 Å². The molecule has 9 heteroatoms. The largest absolute Gasteiger partial charge is 0.463 e. The number of nitrogens with two attached hydrogens (primary N) is 1. The number of hydrogen-bond donors (Lipinski definition) is 3. The molecule has 1 aliphatic heterocycles. The van der Waals surface area contributed by atoms with Crippen LogP contribution >= 0.6 is 0 Å². The van der Waals surface area contributed by atoms with E-state index in [0.717, 1.165) is 0 Å². The number of aromatic nitrogens is 3. The number of fused-ring (bicyclic) bond motifs is 1. The van der Waals surface area contributed by atoms with Gasteiger partial charge in [0.2, 0.25) is 0 Å². The standard InChI is InChI=1S/C18H26N4O5/c1-4-10(5-2)17(25)26-8-12-14(23)15(24)18(3,27-12)13-7-6-11-16(19)20-9-21-22(11)13/h6-7,9-10,12,14-15,23-24H,4-5,8H2,1-3H3,(H2,19,20,21)/t12-,14-,15-,18+/m1/s1. The Morgan fingerprint density at radius 2 is 2.11 bits per heavy atom. The summed E-state index contributed by atoms with van der Waals surface area (Å²) in [6, 6.07) is 3.44. The molecule has 1 fully saturated rings. The second kappa shape index (κ2) is 7.41. The van der Waals surface area contributed by atoms with Gasteiger partial charge in [-0.1, -0.05) is 13.8 Å². The van der Waals surface area contributed by atoms with E-state index in [9.17, 15) is 15.0 Å². The Kier molecular flexibility index (Phi) is 5.36. The number of esters is 1. The van der Waals surface area contributed by atoms with Crippen molar-refractivity contribution in [3.05, 3.63) is 24.2 Å². The van der Waals surface area contributed by atoms with Gasteiger partial charge < -0.3 is 25.4 Å². The number of nitrogen functional groups attached to an aromatic ring is 1. The molecule has 2 aromatic rings. The summed E-state index contributed by atoms with van der Waals surface area (Å²) in [4.78, 5) is 16.0. The van der Waals surface area contributed by atoms with Gasteiger partial charge in [0, 0.05) is 0 Å². The van der Waals surface area contributed by atoms with Crippen LogP contribution in [0.25, 0.3) is 5.52 Å². The van der Waals surface area contributed by atoms with Crippen molar-refractivity contribution >= 4 is 17.3 Å². The molecule has 9 nitrogen and oxygen atoms in total. The summed E-state index contributed by atoms with van der Waals surface area (Å²) in [5.41, 5.74) is 5.69. The molecular formula is C18H26N4O5. The van der Waals surface area contributed by atoms with Gasteiger partial charge in [0.25, 0.3) is 0 Å². The lowest BCUT2D eigenvalue weighted by molar-refractivity contribution is -0.156. The Hall–Kier alpha value is -2.23. The first kappa shape index (κ1) is 19.5. The highest BCUT2D eigenvalue weighted by Crippen LogP contribution is 2.40. The van der Waals surface area contributed by atoms with Crippen LogP contribution in [-0.2, 0) is 19.9 Å². The van der Waals surface area contributed by atoms with Crippen molar-refractivity contribution in [1.82, 2.24) is 14.6 Å². The molecule has 3 rings (SSSR count). The first-order valence-corrected chi connectivity index (χ1v) is 9.12. The molecule has 0 radical (unpaired) electrons. The third-order valence-electron chi connectivity index (χ3n) is 5.36. The SMILES string of the molecule is CCC(CC)C(=O)OC[C@H]1O[C@@](C)(c2ccc3c(N)ncnn23)[C@H](O)[C@@H]1O. The molecule has 27 heavy (non-hydrogen) atoms. The Bertz CT molecular complexity index is 821. The Labute approximate surface area is 157 Å². The average molecular weight is 378 g/mol. The van der Waals surface area contributed by atoms with E-state index in [1.165, 1.54) is 10.8 Å². The lowest BCUT2D eigenvalue weighted by atomic mass is 9.93. The molecule has 2 aromatic heterocycles. The van der Waals surface area contributed by atoms with Crippen molar-refractivity contribution in [1.29, 1.82) is 0 Å². The lowest BCUT2D eigenvalue weighted by Crippen LogP contribution is -2.39. The molecule has 3 heterocycles. The minimum absolute atomic E-state index is 0.135. The molecule has 4 atom stereocenters. The summed E-state index contributed by atoms with van der Waals surface area (Å²) in [7, 11) is 0. The van der Waals surface area contributed by atoms with E-state index in [1.54, 1.807) is 19.1 Å². The molecule has 0 bridgehead atoms. The predicted octanol–water partition coefficient (Wildman–Crippen LogP) is 0.627. The minimum Gasteiger partial charge on any atom is -0.463 e. The molecule has 4 N–H and O–H groups in total. The number of rotatable bonds is 6. The van der Waals surface area contributed by atoms with E-state index in [0.29, 0.717) is 29.9 Å². The average Bonchev–Trinajstić information content (AvgIpc) is 3.18. The molecule has 0 saturated carbocycles. The van der Waals surface area contributed by atoms with Crippen molar-refractivity contribution in [3.63, 3.8) is 0 Å². The van der Waals surface area contributed by atoms with Gasteiger partial charge in [0.1, 0.15) is 42.4 Å². The third kappa shape index (κ3) is 3.26. The van der Waals surface area contributed by atoms with Gasteiger partial charge in [-0.3, -0.25) is 4.79 Å². The highest BCUT2D eigenvalue weighted by molar-refractivity contribution is 5.72. The zero-order valence-electron chi connectivity index (χ0n) is 15.7. The van der Waals surface area contributed by atoms with E-state index < -0.39 is 23.9 Å². The van der Waals surface area contributed by atoms with Crippen LogP contribution in [0, 0.1) is 5.92 Å². The van der Waals surface area contributed by atoms with Crippen LogP contribution < -0.4 is 5.73 Å². The normalized spacial score (nSPS) is 28.1. The number of carbonyl (C=O) groups is 1. The molecule has 1 aliphatic rings. The van der Waals surface area contributed by atoms with Crippen LogP contribution in [0.15, 0.2) is 18.5 Å². The summed E-state index contributed by atoms with van der Waals surface area (Å²) in [6.07, 6.45) is -0.630. The molecule has 0 aliphatic carbocycles. The van der Waals surface area contributed by atoms with Crippen LogP contribution in [0.5, 0.6) is 0 Å². The van der Waals surface area contributed by atoms with Gasteiger partial charge in [-0.25, -0.2) is 9.50 Å². The smallest absolute Gasteiger partial charge is 0.309 e. The maximum atomic E-state index is 12.1. The number of ether oxygens (including phenoxy) is 2. The van der Waals surface area contributed by atoms with E-state index in [1.807, 2.05) is 13.8 Å². The second-order valence-corrected chi connectivity index (χ2v) is 7.00. The quantitative estimate of drug-likeness (QED) is 0.624. The van der Waals surface area contributed by atoms with E-state index in [2.05, 4.69) is 10.1 Å². The van der Waals surface area contributed by atoms with Crippen LogP contribution in [0.1, 0.15) is 39.3 Å². The van der Waals surface area contributed by atoms with Gasteiger partial charge in [-0.05, 0) is 31.9 Å². The number of aliphatic hydroxyl groups excluding tert-OH is 2. The molecular weight excluding hydrogens is 352 g/mol. The third-order valence-corrected chi connectivity index (χ3v) is 5.36. The zero-order valence-corrected chi connectivity index (χ0v) is 15.7. The van der Waals surface area contributed by atoms with Crippen LogP contribution in [0.4, 0.5) is 5.82 Å². The first-order valence-electron chi connectivity index (χ1n) is 9.12. The van der Waals surface area contributed by atoms with Gasteiger partial charge in [-0.15, -0.1) is 0 Å². The Morgan fingerprint density at radius 1 is 1.41 bits per heavy atom. The summed E-state index contributed by atoms with van der Waals surface area (Å²) < 4.78 is 12.8. The molecule has 1 saturated heterocycles. The maximum Gasteiger partial charge on any atom is 0.309 e. The highest BCUT2D eigenvalue weighted by Gasteiger charge is 2.54. The molecule has 0 amide bonds. The van der Waals surface area contributed by atoms with Gasteiger partial charge in [-0.2, -0.15) is 5.10 Å². The summed E-state index contributed by atoms with van der Waals surface area (Å²) >= 11 is 0. The van der Waals surface area contributed by atoms with Crippen molar-refractivity contribution < 1.29 is 24.5 Å². The van der Waals surface area contributed by atoms with Crippen molar-refractivity contribution in [2.45, 2.75) is 57.5 Å². The fourth-order valence-electron chi connectivity index (χ4n) is 3.56. The highest BCUT2D eigenvalue weighted by atomic mass is 16.6. The van der Waals surface area contributed by atoms with Crippen molar-refractivity contribution in [3.8, 4) is 0 Å². The molecule has 0 unspecified atom stereocenters. The Morgan fingerprint density at radius 3 is 2.78 bits per heavy atom. The summed E-state index contributed by atoms with van der Waals surface area (Å²) in [5.74, 6) is -0.217. The van der Waals surface area contributed by atoms with Crippen LogP contribution in [0.3, 0.4) is 0 Å². The lowest BCUT2D eigenvalue weighted by Gasteiger charge is -2.27. The first-order chi connectivity index (χ1) is 12.8. The topological polar surface area (TPSA) is 132 Å².